The van der Waals surface area contributed by atoms with Crippen LogP contribution in [0.4, 0.5) is 0 Å². The molecule has 1 atom stereocenters. The summed E-state index contributed by atoms with van der Waals surface area (Å²) in [4.78, 5) is 0. The van der Waals surface area contributed by atoms with Crippen molar-refractivity contribution < 1.29 is 0 Å². The van der Waals surface area contributed by atoms with E-state index in [2.05, 4.69) is 155 Å². The van der Waals surface area contributed by atoms with Crippen molar-refractivity contribution in [2.24, 2.45) is 16.7 Å². The molecule has 0 nitrogen and oxygen atoms in total. The highest BCUT2D eigenvalue weighted by molar-refractivity contribution is 5.37. The Kier molecular flexibility index (Phi) is 13.4. The first-order valence-electron chi connectivity index (χ1n) is 15.5. The normalized spacial score (nSPS) is 24.6. The van der Waals surface area contributed by atoms with Crippen molar-refractivity contribution in [2.45, 2.75) is 108 Å². The van der Waals surface area contributed by atoms with E-state index in [1.807, 2.05) is 0 Å². The molecule has 0 saturated heterocycles. The summed E-state index contributed by atoms with van der Waals surface area (Å²) < 4.78 is 0. The maximum atomic E-state index is 2.39. The fraction of sp³-hybridized carbons (Fsp3) is 0.475. The SMILES string of the molecule is CC1=C(/C=C/C(C)=C/C=C/C(C)=C/[CH]/C=C/C(C)=C/C=C/C(C)=C/C=C2\C(C)CCCC2(C)C)C(C)(C)CCC1. The van der Waals surface area contributed by atoms with Gasteiger partial charge in [-0.2, -0.15) is 0 Å². The van der Waals surface area contributed by atoms with Gasteiger partial charge in [-0.3, -0.25) is 0 Å². The van der Waals surface area contributed by atoms with Crippen molar-refractivity contribution in [1.82, 2.24) is 0 Å². The Hall–Kier alpha value is -2.60. The Morgan fingerprint density at radius 3 is 1.85 bits per heavy atom. The minimum absolute atomic E-state index is 0.292. The lowest BCUT2D eigenvalue weighted by atomic mass is 9.68. The molecular formula is C40H57. The molecule has 0 bridgehead atoms. The molecule has 1 fully saturated rings. The number of allylic oxidation sites excluding steroid dienone is 20. The molecule has 0 spiro atoms. The molecule has 217 valence electrons. The van der Waals surface area contributed by atoms with Crippen molar-refractivity contribution in [3.8, 4) is 0 Å². The van der Waals surface area contributed by atoms with Gasteiger partial charge in [0.15, 0.2) is 0 Å². The molecule has 1 saturated carbocycles. The Labute approximate surface area is 248 Å². The van der Waals surface area contributed by atoms with Gasteiger partial charge in [0.05, 0.1) is 0 Å². The van der Waals surface area contributed by atoms with Gasteiger partial charge in [0.25, 0.3) is 0 Å². The van der Waals surface area contributed by atoms with Gasteiger partial charge in [-0.25, -0.2) is 0 Å². The maximum absolute atomic E-state index is 2.39. The molecule has 40 heavy (non-hydrogen) atoms. The third-order valence-corrected chi connectivity index (χ3v) is 8.60. The monoisotopic (exact) mass is 537 g/mol. The summed E-state index contributed by atoms with van der Waals surface area (Å²) in [6.45, 7) is 22.9. The Balaban J connectivity index is 1.85. The lowest BCUT2D eigenvalue weighted by molar-refractivity contribution is 0.290. The fourth-order valence-corrected chi connectivity index (χ4v) is 5.99. The van der Waals surface area contributed by atoms with Gasteiger partial charge < -0.3 is 0 Å². The van der Waals surface area contributed by atoms with E-state index in [4.69, 9.17) is 0 Å². The van der Waals surface area contributed by atoms with Gasteiger partial charge in [-0.15, -0.1) is 0 Å². The first kappa shape index (κ1) is 33.6. The standard InChI is InChI=1S/C40H57/c1-31(19-13-21-33(3)25-27-37-35(5)23-15-29-39(37,7)8)17-11-12-18-32(2)20-14-22-34(4)26-28-38-36(6)24-16-30-40(38,9)10/h11-14,17-22,25-28,35H,15-16,23-24,29-30H2,1-10H3/b17-11+,20-14+,21-13+,28-26+,31-19+,32-18+,33-25+,34-22+,37-27+. The van der Waals surface area contributed by atoms with Crippen LogP contribution in [0.3, 0.4) is 0 Å². The summed E-state index contributed by atoms with van der Waals surface area (Å²) in [5.74, 6) is 0.692. The third-order valence-electron chi connectivity index (χ3n) is 8.60. The predicted octanol–water partition coefficient (Wildman–Crippen LogP) is 12.5. The summed E-state index contributed by atoms with van der Waals surface area (Å²) in [6, 6.07) is 0. The van der Waals surface area contributed by atoms with E-state index in [0.29, 0.717) is 16.7 Å². The van der Waals surface area contributed by atoms with Crippen molar-refractivity contribution in [3.05, 3.63) is 124 Å². The average molecular weight is 538 g/mol. The van der Waals surface area contributed by atoms with Crippen LogP contribution < -0.4 is 0 Å². The molecule has 0 heteroatoms. The van der Waals surface area contributed by atoms with E-state index in [-0.39, 0.29) is 0 Å². The van der Waals surface area contributed by atoms with E-state index < -0.39 is 0 Å². The molecule has 0 N–H and O–H groups in total. The molecular weight excluding hydrogens is 480 g/mol. The van der Waals surface area contributed by atoms with Crippen LogP contribution in [0, 0.1) is 23.2 Å². The molecule has 2 aliphatic carbocycles. The zero-order chi connectivity index (χ0) is 29.8. The van der Waals surface area contributed by atoms with E-state index in [1.54, 1.807) is 11.1 Å². The first-order valence-corrected chi connectivity index (χ1v) is 15.5. The molecule has 0 aromatic carbocycles. The summed E-state index contributed by atoms with van der Waals surface area (Å²) >= 11 is 0. The molecule has 1 radical (unpaired) electrons. The summed E-state index contributed by atoms with van der Waals surface area (Å²) in [6.07, 6.45) is 38.6. The van der Waals surface area contributed by atoms with Crippen molar-refractivity contribution in [3.63, 3.8) is 0 Å². The Morgan fingerprint density at radius 2 is 1.23 bits per heavy atom. The quantitative estimate of drug-likeness (QED) is 0.243. The number of hydrogen-bond acceptors (Lipinski definition) is 0. The van der Waals surface area contributed by atoms with Crippen LogP contribution in [-0.4, -0.2) is 0 Å². The van der Waals surface area contributed by atoms with Crippen LogP contribution in [0.1, 0.15) is 108 Å². The Morgan fingerprint density at radius 1 is 0.675 bits per heavy atom. The largest absolute Gasteiger partial charge is 0.0764 e. The molecule has 0 heterocycles. The highest BCUT2D eigenvalue weighted by Crippen LogP contribution is 2.43. The number of hydrogen-bond donors (Lipinski definition) is 0. The van der Waals surface area contributed by atoms with E-state index in [1.165, 1.54) is 66.4 Å². The van der Waals surface area contributed by atoms with E-state index in [9.17, 15) is 0 Å². The van der Waals surface area contributed by atoms with Gasteiger partial charge in [-0.05, 0) is 89.0 Å². The predicted molar refractivity (Wildman–Crippen MR) is 181 cm³/mol. The summed E-state index contributed by atoms with van der Waals surface area (Å²) in [5.41, 5.74) is 10.3. The minimum atomic E-state index is 0.292. The maximum Gasteiger partial charge on any atom is 0.00534 e. The second kappa shape index (κ2) is 16.0. The van der Waals surface area contributed by atoms with Gasteiger partial charge in [0.2, 0.25) is 0 Å². The highest BCUT2D eigenvalue weighted by Gasteiger charge is 2.30. The minimum Gasteiger partial charge on any atom is -0.0764 e. The second-order valence-electron chi connectivity index (χ2n) is 13.5. The molecule has 2 rings (SSSR count). The molecule has 0 aromatic rings. The smallest absolute Gasteiger partial charge is 0.00534 e. The fourth-order valence-electron chi connectivity index (χ4n) is 5.99. The molecule has 2 aliphatic rings. The van der Waals surface area contributed by atoms with Crippen molar-refractivity contribution in [2.75, 3.05) is 0 Å². The van der Waals surface area contributed by atoms with Crippen LogP contribution in [0.25, 0.3) is 0 Å². The summed E-state index contributed by atoms with van der Waals surface area (Å²) in [5, 5.41) is 0. The van der Waals surface area contributed by atoms with Gasteiger partial charge in [0, 0.05) is 6.42 Å². The second-order valence-corrected chi connectivity index (χ2v) is 13.5. The first-order chi connectivity index (χ1) is 18.8. The summed E-state index contributed by atoms with van der Waals surface area (Å²) in [7, 11) is 0. The lowest BCUT2D eigenvalue weighted by Crippen LogP contribution is -2.24. The van der Waals surface area contributed by atoms with Crippen molar-refractivity contribution >= 4 is 0 Å². The van der Waals surface area contributed by atoms with Gasteiger partial charge >= 0.3 is 0 Å². The van der Waals surface area contributed by atoms with Crippen LogP contribution in [0.5, 0.6) is 0 Å². The Bertz CT molecular complexity index is 1150. The van der Waals surface area contributed by atoms with Gasteiger partial charge in [0.1, 0.15) is 0 Å². The molecule has 0 aromatic heterocycles. The number of rotatable bonds is 10. The van der Waals surface area contributed by atoms with Crippen LogP contribution >= 0.6 is 0 Å². The molecule has 1 unspecified atom stereocenters. The zero-order valence-corrected chi connectivity index (χ0v) is 27.4. The molecule has 0 aliphatic heterocycles. The van der Waals surface area contributed by atoms with Crippen LogP contribution in [0.2, 0.25) is 0 Å². The topological polar surface area (TPSA) is 0 Å². The zero-order valence-electron chi connectivity index (χ0n) is 27.4. The highest BCUT2D eigenvalue weighted by atomic mass is 14.4. The third kappa shape index (κ3) is 11.5. The van der Waals surface area contributed by atoms with E-state index >= 15 is 0 Å². The lowest BCUT2D eigenvalue weighted by Gasteiger charge is -2.37. The molecule has 0 amide bonds. The van der Waals surface area contributed by atoms with Crippen LogP contribution in [-0.2, 0) is 0 Å². The van der Waals surface area contributed by atoms with Crippen LogP contribution in [0.15, 0.2) is 118 Å². The van der Waals surface area contributed by atoms with E-state index in [0.717, 1.165) is 0 Å². The van der Waals surface area contributed by atoms with Gasteiger partial charge in [-0.1, -0.05) is 153 Å². The average Bonchev–Trinajstić information content (AvgIpc) is 2.85. The van der Waals surface area contributed by atoms with Crippen molar-refractivity contribution in [1.29, 1.82) is 0 Å².